The van der Waals surface area contributed by atoms with Gasteiger partial charge >= 0.3 is 0 Å². The molecular formula is C19H24N2O. The van der Waals surface area contributed by atoms with E-state index in [0.717, 1.165) is 32.6 Å². The number of rotatable bonds is 6. The summed E-state index contributed by atoms with van der Waals surface area (Å²) in [5, 5.41) is 13.6. The van der Waals surface area contributed by atoms with E-state index in [1.165, 1.54) is 16.7 Å². The molecule has 22 heavy (non-hydrogen) atoms. The highest BCUT2D eigenvalue weighted by Crippen LogP contribution is 2.18. The molecule has 1 atom stereocenters. The van der Waals surface area contributed by atoms with Gasteiger partial charge in [-0.15, -0.1) is 0 Å². The lowest BCUT2D eigenvalue weighted by molar-refractivity contribution is 0.104. The highest BCUT2D eigenvalue weighted by Gasteiger charge is 2.18. The minimum atomic E-state index is -0.325. The van der Waals surface area contributed by atoms with Crippen LogP contribution in [0.25, 0.3) is 0 Å². The summed E-state index contributed by atoms with van der Waals surface area (Å²) in [5.41, 5.74) is 4.11. The van der Waals surface area contributed by atoms with Gasteiger partial charge < -0.3 is 10.4 Å². The Morgan fingerprint density at radius 1 is 1.00 bits per heavy atom. The zero-order valence-electron chi connectivity index (χ0n) is 12.9. The molecule has 0 amide bonds. The molecule has 1 aliphatic heterocycles. The second-order valence-electron chi connectivity index (χ2n) is 6.02. The first-order chi connectivity index (χ1) is 10.8. The average molecular weight is 296 g/mol. The lowest BCUT2D eigenvalue weighted by Gasteiger charge is -2.30. The molecule has 3 nitrogen and oxygen atoms in total. The molecule has 3 rings (SSSR count). The van der Waals surface area contributed by atoms with Crippen molar-refractivity contribution >= 4 is 0 Å². The Labute approximate surface area is 132 Å². The quantitative estimate of drug-likeness (QED) is 0.858. The van der Waals surface area contributed by atoms with E-state index in [1.807, 2.05) is 18.2 Å². The first-order valence-electron chi connectivity index (χ1n) is 8.03. The Morgan fingerprint density at radius 2 is 1.73 bits per heavy atom. The minimum Gasteiger partial charge on any atom is -0.390 e. The molecule has 2 N–H and O–H groups in total. The molecule has 0 bridgehead atoms. The number of aliphatic hydroxyl groups is 1. The van der Waals surface area contributed by atoms with Gasteiger partial charge in [-0.25, -0.2) is 0 Å². The molecular weight excluding hydrogens is 272 g/mol. The summed E-state index contributed by atoms with van der Waals surface area (Å²) in [7, 11) is 0. The van der Waals surface area contributed by atoms with Crippen molar-refractivity contribution in [2.75, 3.05) is 19.6 Å². The normalized spacial score (nSPS) is 16.2. The first-order valence-corrected chi connectivity index (χ1v) is 8.03. The van der Waals surface area contributed by atoms with Crippen molar-refractivity contribution in [3.8, 4) is 0 Å². The zero-order valence-corrected chi connectivity index (χ0v) is 12.9. The van der Waals surface area contributed by atoms with Crippen LogP contribution in [0.1, 0.15) is 16.7 Å². The first kappa shape index (κ1) is 15.2. The lowest BCUT2D eigenvalue weighted by Crippen LogP contribution is -2.40. The van der Waals surface area contributed by atoms with E-state index >= 15 is 0 Å². The standard InChI is InChI=1S/C19H24N2O/c22-19(13-20-12-16-6-2-1-3-7-16)15-21-11-10-17-8-4-5-9-18(17)14-21/h1-9,19-20,22H,10-15H2. The predicted molar refractivity (Wildman–Crippen MR) is 89.6 cm³/mol. The number of hydrogen-bond donors (Lipinski definition) is 2. The van der Waals surface area contributed by atoms with E-state index in [1.54, 1.807) is 0 Å². The summed E-state index contributed by atoms with van der Waals surface area (Å²) in [6.45, 7) is 4.16. The van der Waals surface area contributed by atoms with Crippen molar-refractivity contribution in [1.82, 2.24) is 10.2 Å². The number of benzene rings is 2. The van der Waals surface area contributed by atoms with Gasteiger partial charge in [0.2, 0.25) is 0 Å². The summed E-state index contributed by atoms with van der Waals surface area (Å²) in [5.74, 6) is 0. The zero-order chi connectivity index (χ0) is 15.2. The summed E-state index contributed by atoms with van der Waals surface area (Å²) in [4.78, 5) is 2.34. The van der Waals surface area contributed by atoms with Crippen LogP contribution in [0.5, 0.6) is 0 Å². The number of aliphatic hydroxyl groups excluding tert-OH is 1. The maximum absolute atomic E-state index is 10.2. The van der Waals surface area contributed by atoms with E-state index in [2.05, 4.69) is 46.6 Å². The number of fused-ring (bicyclic) bond motifs is 1. The molecule has 1 aliphatic rings. The molecule has 116 valence electrons. The van der Waals surface area contributed by atoms with Gasteiger partial charge in [-0.05, 0) is 23.1 Å². The SMILES string of the molecule is OC(CNCc1ccccc1)CN1CCc2ccccc2C1. The van der Waals surface area contributed by atoms with Crippen molar-refractivity contribution in [1.29, 1.82) is 0 Å². The molecule has 1 unspecified atom stereocenters. The van der Waals surface area contributed by atoms with Crippen molar-refractivity contribution in [2.45, 2.75) is 25.6 Å². The second-order valence-corrected chi connectivity index (χ2v) is 6.02. The third-order valence-electron chi connectivity index (χ3n) is 4.23. The topological polar surface area (TPSA) is 35.5 Å². The number of β-amino-alcohol motifs (C(OH)–C–C–N with tert-alkyl or cyclic N) is 1. The predicted octanol–water partition coefficient (Wildman–Crippen LogP) is 2.20. The van der Waals surface area contributed by atoms with E-state index in [4.69, 9.17) is 0 Å². The Hall–Kier alpha value is -1.68. The van der Waals surface area contributed by atoms with Gasteiger partial charge in [0.15, 0.2) is 0 Å². The Bertz CT molecular complexity index is 585. The van der Waals surface area contributed by atoms with E-state index in [0.29, 0.717) is 6.54 Å². The van der Waals surface area contributed by atoms with Crippen molar-refractivity contribution < 1.29 is 5.11 Å². The maximum atomic E-state index is 10.2. The average Bonchev–Trinajstić information content (AvgIpc) is 2.56. The highest BCUT2D eigenvalue weighted by molar-refractivity contribution is 5.29. The molecule has 0 aromatic heterocycles. The third-order valence-corrected chi connectivity index (χ3v) is 4.23. The van der Waals surface area contributed by atoms with Crippen LogP contribution in [0.4, 0.5) is 0 Å². The minimum absolute atomic E-state index is 0.325. The van der Waals surface area contributed by atoms with Crippen LogP contribution in [0.3, 0.4) is 0 Å². The third kappa shape index (κ3) is 4.17. The maximum Gasteiger partial charge on any atom is 0.0791 e. The molecule has 0 spiro atoms. The van der Waals surface area contributed by atoms with Crippen molar-refractivity contribution in [3.63, 3.8) is 0 Å². The Kier molecular flexibility index (Phi) is 5.22. The number of nitrogens with zero attached hydrogens (tertiary/aromatic N) is 1. The van der Waals surface area contributed by atoms with Crippen LogP contribution in [0, 0.1) is 0 Å². The molecule has 2 aromatic rings. The summed E-state index contributed by atoms with van der Waals surface area (Å²) in [6.07, 6.45) is 0.759. The highest BCUT2D eigenvalue weighted by atomic mass is 16.3. The van der Waals surface area contributed by atoms with Gasteiger partial charge in [0, 0.05) is 32.7 Å². The van der Waals surface area contributed by atoms with Crippen molar-refractivity contribution in [3.05, 3.63) is 71.3 Å². The summed E-state index contributed by atoms with van der Waals surface area (Å²) in [6, 6.07) is 18.9. The fourth-order valence-corrected chi connectivity index (χ4v) is 3.05. The van der Waals surface area contributed by atoms with Crippen LogP contribution >= 0.6 is 0 Å². The van der Waals surface area contributed by atoms with Gasteiger partial charge in [-0.3, -0.25) is 4.90 Å². The number of nitrogens with one attached hydrogen (secondary N) is 1. The Morgan fingerprint density at radius 3 is 2.55 bits per heavy atom. The molecule has 3 heteroatoms. The molecule has 1 heterocycles. The molecule has 0 aliphatic carbocycles. The van der Waals surface area contributed by atoms with E-state index in [9.17, 15) is 5.11 Å². The van der Waals surface area contributed by atoms with Crippen LogP contribution in [0.15, 0.2) is 54.6 Å². The van der Waals surface area contributed by atoms with Gasteiger partial charge in [0.25, 0.3) is 0 Å². The fourth-order valence-electron chi connectivity index (χ4n) is 3.05. The number of hydrogen-bond acceptors (Lipinski definition) is 3. The fraction of sp³-hybridized carbons (Fsp3) is 0.368. The molecule has 0 radical (unpaired) electrons. The molecule has 0 saturated carbocycles. The van der Waals surface area contributed by atoms with Crippen LogP contribution in [-0.2, 0) is 19.5 Å². The smallest absolute Gasteiger partial charge is 0.0791 e. The monoisotopic (exact) mass is 296 g/mol. The van der Waals surface area contributed by atoms with Crippen LogP contribution in [0.2, 0.25) is 0 Å². The molecule has 0 fully saturated rings. The van der Waals surface area contributed by atoms with Crippen LogP contribution in [-0.4, -0.2) is 35.7 Å². The van der Waals surface area contributed by atoms with Gasteiger partial charge in [-0.1, -0.05) is 54.6 Å². The lowest BCUT2D eigenvalue weighted by atomic mass is 10.00. The summed E-state index contributed by atoms with van der Waals surface area (Å²) < 4.78 is 0. The summed E-state index contributed by atoms with van der Waals surface area (Å²) >= 11 is 0. The van der Waals surface area contributed by atoms with Gasteiger partial charge in [0.05, 0.1) is 6.10 Å². The van der Waals surface area contributed by atoms with E-state index < -0.39 is 0 Å². The van der Waals surface area contributed by atoms with E-state index in [-0.39, 0.29) is 6.10 Å². The second kappa shape index (κ2) is 7.54. The van der Waals surface area contributed by atoms with Gasteiger partial charge in [-0.2, -0.15) is 0 Å². The molecule has 2 aromatic carbocycles. The Balaban J connectivity index is 1.42. The largest absolute Gasteiger partial charge is 0.390 e. The van der Waals surface area contributed by atoms with Gasteiger partial charge in [0.1, 0.15) is 0 Å². The molecule has 0 saturated heterocycles. The van der Waals surface area contributed by atoms with Crippen molar-refractivity contribution in [2.24, 2.45) is 0 Å². The van der Waals surface area contributed by atoms with Crippen LogP contribution < -0.4 is 5.32 Å².